The number of fused-ring (bicyclic) bond motifs is 1. The fourth-order valence-corrected chi connectivity index (χ4v) is 6.02. The van der Waals surface area contributed by atoms with Crippen molar-refractivity contribution in [3.63, 3.8) is 0 Å². The third-order valence-electron chi connectivity index (χ3n) is 8.34. The smallest absolute Gasteiger partial charge is 0.267 e. The van der Waals surface area contributed by atoms with Crippen molar-refractivity contribution in [2.45, 2.75) is 69.2 Å². The second-order valence-electron chi connectivity index (χ2n) is 11.4. The van der Waals surface area contributed by atoms with E-state index in [1.165, 1.54) is 18.2 Å². The largest absolute Gasteiger partial charge is 0.508 e. The summed E-state index contributed by atoms with van der Waals surface area (Å²) in [5, 5.41) is 26.9. The summed E-state index contributed by atoms with van der Waals surface area (Å²) in [5.41, 5.74) is 3.14. The third-order valence-corrected chi connectivity index (χ3v) is 8.34. The summed E-state index contributed by atoms with van der Waals surface area (Å²) in [7, 11) is 0. The van der Waals surface area contributed by atoms with Gasteiger partial charge in [0.2, 0.25) is 5.91 Å². The number of amides is 3. The zero-order valence-corrected chi connectivity index (χ0v) is 23.8. The lowest BCUT2D eigenvalue weighted by atomic mass is 9.87. The molecule has 3 aromatic rings. The van der Waals surface area contributed by atoms with Gasteiger partial charge in [-0.25, -0.2) is 8.78 Å². The minimum absolute atomic E-state index is 0.0112. The van der Waals surface area contributed by atoms with E-state index in [0.717, 1.165) is 28.9 Å². The maximum atomic E-state index is 14.8. The molecule has 0 saturated carbocycles. The number of aliphatic hydroxyl groups is 1. The molecule has 1 aliphatic heterocycles. The number of nitrogens with zero attached hydrogens (tertiary/aromatic N) is 1. The number of likely N-dealkylation sites (tertiary alicyclic amines) is 1. The first kappa shape index (κ1) is 30.2. The Labute approximate surface area is 248 Å². The molecule has 5 rings (SSSR count). The number of hydrogen-bond acceptors (Lipinski definition) is 5. The van der Waals surface area contributed by atoms with Crippen LogP contribution in [0.2, 0.25) is 0 Å². The Bertz CT molecular complexity index is 1500. The first-order valence-corrected chi connectivity index (χ1v) is 14.4. The molecule has 0 spiro atoms. The maximum Gasteiger partial charge on any atom is 0.267 e. The van der Waals surface area contributed by atoms with E-state index < -0.39 is 54.8 Å². The second-order valence-corrected chi connectivity index (χ2v) is 11.4. The molecular weight excluding hydrogens is 556 g/mol. The molecule has 3 aromatic carbocycles. The Hall–Kier alpha value is -4.31. The molecule has 0 bridgehead atoms. The number of rotatable bonds is 8. The summed E-state index contributed by atoms with van der Waals surface area (Å²) in [6.45, 7) is 0.526. The van der Waals surface area contributed by atoms with E-state index in [2.05, 4.69) is 10.6 Å². The Kier molecular flexibility index (Phi) is 8.77. The van der Waals surface area contributed by atoms with Gasteiger partial charge in [0.05, 0.1) is 18.6 Å². The highest BCUT2D eigenvalue weighted by Gasteiger charge is 2.52. The first-order valence-electron chi connectivity index (χ1n) is 14.4. The van der Waals surface area contributed by atoms with Crippen LogP contribution >= 0.6 is 0 Å². The fraction of sp³-hybridized carbons (Fsp3) is 0.364. The minimum atomic E-state index is -3.33. The van der Waals surface area contributed by atoms with E-state index in [4.69, 9.17) is 0 Å². The SMILES string of the molecule is Cc1c(O)cccc1C(=O)NC(Cc1ccccc1)[C@H](O)C(=O)N1CC(F)(F)C[C@H]1C(=O)N[C@H]1CCCc2ccccc21. The Balaban J connectivity index is 1.37. The molecule has 2 aliphatic rings. The van der Waals surface area contributed by atoms with E-state index in [1.54, 1.807) is 37.3 Å². The Morgan fingerprint density at radius 1 is 1.02 bits per heavy atom. The number of aromatic hydroxyl groups is 1. The predicted octanol–water partition coefficient (Wildman–Crippen LogP) is 3.83. The first-order chi connectivity index (χ1) is 20.5. The summed E-state index contributed by atoms with van der Waals surface area (Å²) >= 11 is 0. The summed E-state index contributed by atoms with van der Waals surface area (Å²) < 4.78 is 29.5. The Morgan fingerprint density at radius 3 is 2.51 bits per heavy atom. The summed E-state index contributed by atoms with van der Waals surface area (Å²) in [6.07, 6.45) is -0.467. The van der Waals surface area contributed by atoms with E-state index in [9.17, 15) is 33.4 Å². The number of hydrogen-bond donors (Lipinski definition) is 4. The van der Waals surface area contributed by atoms with Crippen LogP contribution < -0.4 is 10.6 Å². The van der Waals surface area contributed by atoms with Crippen LogP contribution in [-0.2, 0) is 22.4 Å². The molecular formula is C33H35F2N3O5. The molecule has 1 unspecified atom stereocenters. The number of benzene rings is 3. The van der Waals surface area contributed by atoms with Crippen molar-refractivity contribution in [2.24, 2.45) is 0 Å². The number of carbonyl (C=O) groups excluding carboxylic acids is 3. The average molecular weight is 592 g/mol. The van der Waals surface area contributed by atoms with Gasteiger partial charge in [0, 0.05) is 17.5 Å². The molecule has 226 valence electrons. The molecule has 1 heterocycles. The van der Waals surface area contributed by atoms with Crippen LogP contribution in [0, 0.1) is 6.92 Å². The van der Waals surface area contributed by atoms with Crippen molar-refractivity contribution in [3.8, 4) is 5.75 Å². The van der Waals surface area contributed by atoms with Gasteiger partial charge in [-0.15, -0.1) is 0 Å². The molecule has 3 amide bonds. The number of alkyl halides is 2. The van der Waals surface area contributed by atoms with Crippen LogP contribution in [0.1, 0.15) is 57.9 Å². The van der Waals surface area contributed by atoms with Crippen LogP contribution in [0.3, 0.4) is 0 Å². The van der Waals surface area contributed by atoms with Gasteiger partial charge in [0.25, 0.3) is 17.7 Å². The van der Waals surface area contributed by atoms with Gasteiger partial charge in [-0.2, -0.15) is 0 Å². The summed E-state index contributed by atoms with van der Waals surface area (Å²) in [6, 6.07) is 17.8. The third kappa shape index (κ3) is 6.69. The molecule has 1 fully saturated rings. The molecule has 0 radical (unpaired) electrons. The number of halogens is 2. The van der Waals surface area contributed by atoms with Gasteiger partial charge in [-0.05, 0) is 61.4 Å². The lowest BCUT2D eigenvalue weighted by molar-refractivity contribution is -0.147. The van der Waals surface area contributed by atoms with E-state index >= 15 is 0 Å². The maximum absolute atomic E-state index is 14.8. The van der Waals surface area contributed by atoms with Crippen molar-refractivity contribution in [1.29, 1.82) is 0 Å². The standard InChI is InChI=1S/C33H35F2N3O5/c1-20-23(14-8-16-28(20)39)30(41)37-26(17-21-9-3-2-4-10-21)29(40)32(43)38-19-33(34,35)18-27(38)31(42)36-25-15-7-12-22-11-5-6-13-24(22)25/h2-6,8-11,13-14,16,25-27,29,39-40H,7,12,15,17-19H2,1H3,(H,36,42)(H,37,41)/t25-,26?,27-,29-/m0/s1. The monoisotopic (exact) mass is 591 g/mol. The van der Waals surface area contributed by atoms with Gasteiger partial charge >= 0.3 is 0 Å². The van der Waals surface area contributed by atoms with Crippen molar-refractivity contribution in [2.75, 3.05) is 6.54 Å². The molecule has 1 saturated heterocycles. The highest BCUT2D eigenvalue weighted by atomic mass is 19.3. The molecule has 8 nitrogen and oxygen atoms in total. The predicted molar refractivity (Wildman–Crippen MR) is 156 cm³/mol. The molecule has 10 heteroatoms. The van der Waals surface area contributed by atoms with E-state index in [0.29, 0.717) is 17.5 Å². The zero-order valence-electron chi connectivity index (χ0n) is 23.8. The molecule has 4 N–H and O–H groups in total. The Morgan fingerprint density at radius 2 is 1.74 bits per heavy atom. The van der Waals surface area contributed by atoms with E-state index in [1.807, 2.05) is 24.3 Å². The topological polar surface area (TPSA) is 119 Å². The quantitative estimate of drug-likeness (QED) is 0.318. The molecule has 0 aromatic heterocycles. The average Bonchev–Trinajstić information content (AvgIpc) is 3.33. The number of phenolic OH excluding ortho intramolecular Hbond substituents is 1. The lowest BCUT2D eigenvalue weighted by Crippen LogP contribution is -2.56. The van der Waals surface area contributed by atoms with Crippen molar-refractivity contribution < 1.29 is 33.4 Å². The van der Waals surface area contributed by atoms with Crippen LogP contribution in [0.4, 0.5) is 8.78 Å². The van der Waals surface area contributed by atoms with Crippen LogP contribution in [-0.4, -0.2) is 63.5 Å². The van der Waals surface area contributed by atoms with Crippen LogP contribution in [0.15, 0.2) is 72.8 Å². The van der Waals surface area contributed by atoms with Gasteiger partial charge in [-0.3, -0.25) is 14.4 Å². The van der Waals surface area contributed by atoms with Gasteiger partial charge in [0.1, 0.15) is 11.8 Å². The van der Waals surface area contributed by atoms with Crippen LogP contribution in [0.25, 0.3) is 0 Å². The zero-order chi connectivity index (χ0) is 30.7. The minimum Gasteiger partial charge on any atom is -0.508 e. The summed E-state index contributed by atoms with van der Waals surface area (Å²) in [5.74, 6) is -5.87. The number of nitrogens with one attached hydrogen (secondary N) is 2. The normalized spacial score (nSPS) is 20.5. The molecule has 4 atom stereocenters. The molecule has 43 heavy (non-hydrogen) atoms. The second kappa shape index (κ2) is 12.5. The molecule has 1 aliphatic carbocycles. The summed E-state index contributed by atoms with van der Waals surface area (Å²) in [4.78, 5) is 41.1. The number of aryl methyl sites for hydroxylation is 1. The lowest BCUT2D eigenvalue weighted by Gasteiger charge is -2.32. The van der Waals surface area contributed by atoms with Gasteiger partial charge in [-0.1, -0.05) is 60.7 Å². The number of aliphatic hydroxyl groups excluding tert-OH is 1. The number of carbonyl (C=O) groups is 3. The highest BCUT2D eigenvalue weighted by molar-refractivity contribution is 5.97. The van der Waals surface area contributed by atoms with Crippen molar-refractivity contribution in [3.05, 3.63) is 101 Å². The fourth-order valence-electron chi connectivity index (χ4n) is 6.02. The van der Waals surface area contributed by atoms with Crippen molar-refractivity contribution in [1.82, 2.24) is 15.5 Å². The van der Waals surface area contributed by atoms with E-state index in [-0.39, 0.29) is 23.8 Å². The van der Waals surface area contributed by atoms with Gasteiger partial charge < -0.3 is 25.7 Å². The van der Waals surface area contributed by atoms with Crippen molar-refractivity contribution >= 4 is 17.7 Å². The van der Waals surface area contributed by atoms with Crippen LogP contribution in [0.5, 0.6) is 5.75 Å². The van der Waals surface area contributed by atoms with Gasteiger partial charge in [0.15, 0.2) is 6.10 Å². The number of phenols is 1. The highest BCUT2D eigenvalue weighted by Crippen LogP contribution is 2.35.